The molecule has 0 saturated carbocycles. The van der Waals surface area contributed by atoms with E-state index in [9.17, 15) is 8.78 Å². The third-order valence-corrected chi connectivity index (χ3v) is 2.48. The van der Waals surface area contributed by atoms with E-state index in [1.54, 1.807) is 0 Å². The predicted octanol–water partition coefficient (Wildman–Crippen LogP) is 2.02. The number of hydrogen-bond acceptors (Lipinski definition) is 2. The summed E-state index contributed by atoms with van der Waals surface area (Å²) in [5, 5.41) is 2.84. The fraction of sp³-hybridized carbons (Fsp3) is 0.400. The van der Waals surface area contributed by atoms with E-state index in [4.69, 9.17) is 4.74 Å². The van der Waals surface area contributed by atoms with Crippen molar-refractivity contribution in [3.63, 3.8) is 0 Å². The Morgan fingerprint density at radius 1 is 1.40 bits per heavy atom. The second-order valence-electron chi connectivity index (χ2n) is 3.42. The minimum absolute atomic E-state index is 0. The Morgan fingerprint density at radius 3 is 2.53 bits per heavy atom. The first-order valence-corrected chi connectivity index (χ1v) is 4.39. The highest BCUT2D eigenvalue weighted by molar-refractivity contribution is 5.85. The summed E-state index contributed by atoms with van der Waals surface area (Å²) in [7, 11) is 1.37. The molecule has 1 aromatic carbocycles. The molecule has 1 fully saturated rings. The SMILES string of the molecule is COc1cc(C2(F)CNC2)ccc1F.Cl. The minimum Gasteiger partial charge on any atom is -0.494 e. The van der Waals surface area contributed by atoms with Gasteiger partial charge in [0.05, 0.1) is 7.11 Å². The number of nitrogens with one attached hydrogen (secondary N) is 1. The van der Waals surface area contributed by atoms with Gasteiger partial charge in [0.25, 0.3) is 0 Å². The van der Waals surface area contributed by atoms with Gasteiger partial charge in [-0.05, 0) is 17.7 Å². The second-order valence-corrected chi connectivity index (χ2v) is 3.42. The maximum absolute atomic E-state index is 13.8. The van der Waals surface area contributed by atoms with Crippen LogP contribution in [-0.2, 0) is 5.67 Å². The summed E-state index contributed by atoms with van der Waals surface area (Å²) >= 11 is 0. The van der Waals surface area contributed by atoms with Gasteiger partial charge in [-0.1, -0.05) is 6.07 Å². The van der Waals surface area contributed by atoms with Crippen molar-refractivity contribution >= 4 is 12.4 Å². The lowest BCUT2D eigenvalue weighted by Gasteiger charge is -2.35. The molecule has 0 amide bonds. The van der Waals surface area contributed by atoms with Gasteiger partial charge in [0.15, 0.2) is 17.2 Å². The molecule has 0 unspecified atom stereocenters. The van der Waals surface area contributed by atoms with Crippen molar-refractivity contribution in [2.24, 2.45) is 0 Å². The third-order valence-electron chi connectivity index (χ3n) is 2.48. The maximum Gasteiger partial charge on any atom is 0.165 e. The van der Waals surface area contributed by atoms with Crippen LogP contribution in [-0.4, -0.2) is 20.2 Å². The quantitative estimate of drug-likeness (QED) is 0.847. The molecule has 0 bridgehead atoms. The minimum atomic E-state index is -1.36. The number of benzene rings is 1. The Morgan fingerprint density at radius 2 is 2.07 bits per heavy atom. The molecule has 2 nitrogen and oxygen atoms in total. The van der Waals surface area contributed by atoms with Crippen LogP contribution in [0.4, 0.5) is 8.78 Å². The molecule has 0 radical (unpaired) electrons. The summed E-state index contributed by atoms with van der Waals surface area (Å²) in [6, 6.07) is 4.10. The first-order valence-electron chi connectivity index (χ1n) is 4.39. The van der Waals surface area contributed by atoms with Gasteiger partial charge in [0.1, 0.15) is 0 Å². The Kier molecular flexibility index (Phi) is 3.52. The summed E-state index contributed by atoms with van der Waals surface area (Å²) in [5.41, 5.74) is -0.893. The van der Waals surface area contributed by atoms with Gasteiger partial charge in [0.2, 0.25) is 0 Å². The molecule has 1 aliphatic heterocycles. The zero-order chi connectivity index (χ0) is 10.2. The molecule has 84 valence electrons. The standard InChI is InChI=1S/C10H11F2NO.ClH/c1-14-9-4-7(2-3-8(9)11)10(12)5-13-6-10;/h2-4,13H,5-6H2,1H3;1H. The molecule has 1 aliphatic rings. The van der Waals surface area contributed by atoms with Crippen molar-refractivity contribution < 1.29 is 13.5 Å². The molecule has 1 aromatic rings. The summed E-state index contributed by atoms with van der Waals surface area (Å²) < 4.78 is 31.7. The second kappa shape index (κ2) is 4.33. The summed E-state index contributed by atoms with van der Waals surface area (Å²) in [5.74, 6) is -0.376. The lowest BCUT2D eigenvalue weighted by Crippen LogP contribution is -2.53. The van der Waals surface area contributed by atoms with Crippen LogP contribution < -0.4 is 10.1 Å². The van der Waals surface area contributed by atoms with Crippen LogP contribution in [0.1, 0.15) is 5.56 Å². The largest absolute Gasteiger partial charge is 0.494 e. The van der Waals surface area contributed by atoms with Crippen molar-refractivity contribution in [3.8, 4) is 5.75 Å². The Hall–Kier alpha value is -0.870. The van der Waals surface area contributed by atoms with Gasteiger partial charge in [-0.2, -0.15) is 0 Å². The lowest BCUT2D eigenvalue weighted by molar-refractivity contribution is 0.0887. The Balaban J connectivity index is 0.00000112. The summed E-state index contributed by atoms with van der Waals surface area (Å²) in [4.78, 5) is 0. The van der Waals surface area contributed by atoms with E-state index in [0.717, 1.165) is 0 Å². The molecule has 1 saturated heterocycles. The molecule has 0 aliphatic carbocycles. The van der Waals surface area contributed by atoms with Gasteiger partial charge in [0, 0.05) is 13.1 Å². The topological polar surface area (TPSA) is 21.3 Å². The van der Waals surface area contributed by atoms with Crippen LogP contribution in [0.15, 0.2) is 18.2 Å². The van der Waals surface area contributed by atoms with Crippen molar-refractivity contribution in [1.29, 1.82) is 0 Å². The number of hydrogen-bond donors (Lipinski definition) is 1. The molecule has 2 rings (SSSR count). The smallest absolute Gasteiger partial charge is 0.165 e. The van der Waals surface area contributed by atoms with Gasteiger partial charge >= 0.3 is 0 Å². The zero-order valence-electron chi connectivity index (χ0n) is 8.22. The first-order chi connectivity index (χ1) is 6.65. The van der Waals surface area contributed by atoms with Crippen molar-refractivity contribution in [2.45, 2.75) is 5.67 Å². The van der Waals surface area contributed by atoms with E-state index in [1.807, 2.05) is 0 Å². The number of alkyl halides is 1. The third kappa shape index (κ3) is 2.06. The molecule has 5 heteroatoms. The van der Waals surface area contributed by atoms with Gasteiger partial charge < -0.3 is 10.1 Å². The monoisotopic (exact) mass is 235 g/mol. The normalized spacial score (nSPS) is 17.5. The zero-order valence-corrected chi connectivity index (χ0v) is 9.04. The highest BCUT2D eigenvalue weighted by Gasteiger charge is 2.39. The van der Waals surface area contributed by atoms with Crippen LogP contribution in [0.5, 0.6) is 5.75 Å². The number of methoxy groups -OCH3 is 1. The summed E-state index contributed by atoms with van der Waals surface area (Å²) in [6.45, 7) is 0.559. The van der Waals surface area contributed by atoms with Crippen molar-refractivity contribution in [3.05, 3.63) is 29.6 Å². The van der Waals surface area contributed by atoms with E-state index in [-0.39, 0.29) is 31.2 Å². The van der Waals surface area contributed by atoms with Gasteiger partial charge in [-0.3, -0.25) is 0 Å². The summed E-state index contributed by atoms with van der Waals surface area (Å²) in [6.07, 6.45) is 0. The number of ether oxygens (including phenoxy) is 1. The predicted molar refractivity (Wildman–Crippen MR) is 55.9 cm³/mol. The molecule has 1 N–H and O–H groups in total. The lowest BCUT2D eigenvalue weighted by atomic mass is 9.90. The highest BCUT2D eigenvalue weighted by atomic mass is 35.5. The molecule has 1 heterocycles. The van der Waals surface area contributed by atoms with Crippen molar-refractivity contribution in [1.82, 2.24) is 5.32 Å². The number of halogens is 3. The van der Waals surface area contributed by atoms with E-state index < -0.39 is 11.5 Å². The molecular formula is C10H12ClF2NO. The van der Waals surface area contributed by atoms with E-state index in [0.29, 0.717) is 5.56 Å². The fourth-order valence-electron chi connectivity index (χ4n) is 1.49. The van der Waals surface area contributed by atoms with Gasteiger partial charge in [-0.15, -0.1) is 12.4 Å². The molecular weight excluding hydrogens is 224 g/mol. The molecule has 15 heavy (non-hydrogen) atoms. The van der Waals surface area contributed by atoms with Crippen LogP contribution >= 0.6 is 12.4 Å². The maximum atomic E-state index is 13.8. The van der Waals surface area contributed by atoms with Crippen LogP contribution in [0.2, 0.25) is 0 Å². The van der Waals surface area contributed by atoms with Gasteiger partial charge in [-0.25, -0.2) is 8.78 Å². The first kappa shape index (κ1) is 12.2. The van der Waals surface area contributed by atoms with E-state index in [2.05, 4.69) is 5.32 Å². The highest BCUT2D eigenvalue weighted by Crippen LogP contribution is 2.32. The van der Waals surface area contributed by atoms with Crippen LogP contribution in [0.3, 0.4) is 0 Å². The van der Waals surface area contributed by atoms with Crippen molar-refractivity contribution in [2.75, 3.05) is 20.2 Å². The Bertz CT molecular complexity index is 355. The average Bonchev–Trinajstić information content (AvgIpc) is 2.15. The molecule has 0 atom stereocenters. The number of rotatable bonds is 2. The molecule has 0 spiro atoms. The van der Waals surface area contributed by atoms with E-state index in [1.165, 1.54) is 25.3 Å². The van der Waals surface area contributed by atoms with E-state index >= 15 is 0 Å². The molecule has 0 aromatic heterocycles. The fourth-order valence-corrected chi connectivity index (χ4v) is 1.49. The Labute approximate surface area is 93.0 Å². The average molecular weight is 236 g/mol. The van der Waals surface area contributed by atoms with Crippen LogP contribution in [0.25, 0.3) is 0 Å². The van der Waals surface area contributed by atoms with Crippen LogP contribution in [0, 0.1) is 5.82 Å².